The maximum atomic E-state index is 9.39. The van der Waals surface area contributed by atoms with Crippen LogP contribution in [-0.4, -0.2) is 4.40 Å². The van der Waals surface area contributed by atoms with Gasteiger partial charge in [0.2, 0.25) is 0 Å². The molecule has 0 aliphatic rings. The van der Waals surface area contributed by atoms with Crippen LogP contribution >= 0.6 is 0 Å². The normalized spacial score (nSPS) is 9.38. The van der Waals surface area contributed by atoms with Crippen molar-refractivity contribution in [2.45, 2.75) is 48.0 Å². The van der Waals surface area contributed by atoms with E-state index in [1.54, 1.807) is 0 Å². The van der Waals surface area contributed by atoms with Gasteiger partial charge in [-0.1, -0.05) is 58.0 Å². The summed E-state index contributed by atoms with van der Waals surface area (Å²) in [5.74, 6) is 0. The Bertz CT molecular complexity index is 820. The van der Waals surface area contributed by atoms with Crippen molar-refractivity contribution in [2.75, 3.05) is 0 Å². The number of nitriles is 1. The lowest BCUT2D eigenvalue weighted by Crippen LogP contribution is -1.97. The lowest BCUT2D eigenvalue weighted by atomic mass is 10.0. The number of rotatable bonds is 2. The Balaban J connectivity index is 0.000000671. The summed E-state index contributed by atoms with van der Waals surface area (Å²) in [5.41, 5.74) is 6.67. The van der Waals surface area contributed by atoms with Crippen LogP contribution in [0.4, 0.5) is 0 Å². The maximum absolute atomic E-state index is 9.39. The highest BCUT2D eigenvalue weighted by atomic mass is 14.9. The van der Waals surface area contributed by atoms with Crippen LogP contribution in [0.25, 0.3) is 5.52 Å². The second kappa shape index (κ2) is 9.57. The van der Waals surface area contributed by atoms with E-state index in [0.29, 0.717) is 0 Å². The maximum Gasteiger partial charge on any atom is 0.102 e. The molecule has 2 nitrogen and oxygen atoms in total. The number of fused-ring (bicyclic) bond motifs is 1. The van der Waals surface area contributed by atoms with Crippen LogP contribution < -0.4 is 0 Å². The molecule has 0 saturated carbocycles. The Morgan fingerprint density at radius 1 is 0.917 bits per heavy atom. The minimum atomic E-state index is 0.786. The molecule has 126 valence electrons. The van der Waals surface area contributed by atoms with Gasteiger partial charge >= 0.3 is 0 Å². The van der Waals surface area contributed by atoms with E-state index >= 15 is 0 Å². The molecule has 24 heavy (non-hydrogen) atoms. The molecule has 3 aromatic rings. The van der Waals surface area contributed by atoms with Gasteiger partial charge in [-0.25, -0.2) is 0 Å². The molecule has 0 N–H and O–H groups in total. The number of nitrogens with zero attached hydrogens (tertiary/aromatic N) is 2. The Morgan fingerprint density at radius 2 is 1.54 bits per heavy atom. The minimum Gasteiger partial charge on any atom is -0.319 e. The summed E-state index contributed by atoms with van der Waals surface area (Å²) in [5, 5.41) is 9.39. The van der Waals surface area contributed by atoms with Gasteiger partial charge in [0, 0.05) is 18.3 Å². The molecule has 2 heteroatoms. The quantitative estimate of drug-likeness (QED) is 0.563. The third-order valence-electron chi connectivity index (χ3n) is 3.95. The molecule has 0 spiro atoms. The van der Waals surface area contributed by atoms with Gasteiger partial charge in [0.05, 0.1) is 11.1 Å². The van der Waals surface area contributed by atoms with Crippen molar-refractivity contribution in [1.82, 2.24) is 4.40 Å². The van der Waals surface area contributed by atoms with Crippen LogP contribution in [0.3, 0.4) is 0 Å². The second-order valence-electron chi connectivity index (χ2n) is 5.12. The van der Waals surface area contributed by atoms with Crippen LogP contribution in [0, 0.1) is 25.2 Å². The third kappa shape index (κ3) is 3.86. The lowest BCUT2D eigenvalue weighted by Gasteiger charge is -2.07. The van der Waals surface area contributed by atoms with Gasteiger partial charge in [-0.3, -0.25) is 0 Å². The molecule has 0 saturated heterocycles. The zero-order valence-corrected chi connectivity index (χ0v) is 15.7. The van der Waals surface area contributed by atoms with Crippen molar-refractivity contribution in [3.63, 3.8) is 0 Å². The molecule has 0 fully saturated rings. The molecular formula is C22H28N2. The summed E-state index contributed by atoms with van der Waals surface area (Å²) in [7, 11) is 0. The zero-order valence-electron chi connectivity index (χ0n) is 15.7. The van der Waals surface area contributed by atoms with Crippen LogP contribution in [-0.2, 0) is 6.42 Å². The molecule has 0 bridgehead atoms. The first-order chi connectivity index (χ1) is 11.7. The van der Waals surface area contributed by atoms with Crippen molar-refractivity contribution in [2.24, 2.45) is 0 Å². The minimum absolute atomic E-state index is 0.786. The summed E-state index contributed by atoms with van der Waals surface area (Å²) in [6.45, 7) is 12.2. The van der Waals surface area contributed by atoms with Gasteiger partial charge in [0.15, 0.2) is 0 Å². The first kappa shape index (κ1) is 19.5. The van der Waals surface area contributed by atoms with Crippen molar-refractivity contribution in [1.29, 1.82) is 5.26 Å². The second-order valence-corrected chi connectivity index (χ2v) is 5.12. The summed E-state index contributed by atoms with van der Waals surface area (Å²) in [4.78, 5) is 0. The number of benzene rings is 1. The molecule has 2 aromatic heterocycles. The molecule has 0 amide bonds. The first-order valence-electron chi connectivity index (χ1n) is 8.75. The van der Waals surface area contributed by atoms with Crippen LogP contribution in [0.15, 0.2) is 48.7 Å². The van der Waals surface area contributed by atoms with E-state index in [2.05, 4.69) is 41.7 Å². The number of aromatic nitrogens is 1. The molecule has 2 heterocycles. The number of hydrogen-bond acceptors (Lipinski definition) is 1. The van der Waals surface area contributed by atoms with E-state index in [4.69, 9.17) is 0 Å². The average Bonchev–Trinajstić information content (AvgIpc) is 2.92. The van der Waals surface area contributed by atoms with E-state index in [1.807, 2.05) is 59.0 Å². The van der Waals surface area contributed by atoms with Gasteiger partial charge in [-0.15, -0.1) is 0 Å². The van der Waals surface area contributed by atoms with Gasteiger partial charge < -0.3 is 4.40 Å². The summed E-state index contributed by atoms with van der Waals surface area (Å²) >= 11 is 0. The fraction of sp³-hybridized carbons (Fsp3) is 0.318. The number of hydrogen-bond donors (Lipinski definition) is 0. The van der Waals surface area contributed by atoms with Gasteiger partial charge in [-0.2, -0.15) is 5.26 Å². The summed E-state index contributed by atoms with van der Waals surface area (Å²) in [6, 6.07) is 16.7. The van der Waals surface area contributed by atoms with E-state index in [0.717, 1.165) is 23.1 Å². The molecular weight excluding hydrogens is 292 g/mol. The van der Waals surface area contributed by atoms with Crippen LogP contribution in [0.5, 0.6) is 0 Å². The van der Waals surface area contributed by atoms with Gasteiger partial charge in [0.1, 0.15) is 6.07 Å². The molecule has 0 radical (unpaired) electrons. The van der Waals surface area contributed by atoms with Crippen molar-refractivity contribution in [3.05, 3.63) is 76.6 Å². The van der Waals surface area contributed by atoms with Crippen LogP contribution in [0.2, 0.25) is 0 Å². The number of pyridine rings is 1. The Kier molecular flexibility index (Phi) is 7.79. The standard InChI is InChI=1S/C18H16N2.2C2H6/c1-13-7-3-4-8-15(13)11-18-14(2)16(12-19)17-9-5-6-10-20(17)18;2*1-2/h3-10H,11H2,1-2H3;2*1-2H3. The lowest BCUT2D eigenvalue weighted by molar-refractivity contribution is 1.00. The van der Waals surface area contributed by atoms with Crippen molar-refractivity contribution in [3.8, 4) is 6.07 Å². The fourth-order valence-corrected chi connectivity index (χ4v) is 2.75. The predicted octanol–water partition coefficient (Wildman–Crippen LogP) is 6.07. The highest BCUT2D eigenvalue weighted by molar-refractivity contribution is 5.67. The SMILES string of the molecule is CC.CC.Cc1ccccc1Cc1c(C)c(C#N)c2ccccn12. The molecule has 0 aliphatic heterocycles. The Hall–Kier alpha value is -2.53. The largest absolute Gasteiger partial charge is 0.319 e. The summed E-state index contributed by atoms with van der Waals surface area (Å²) < 4.78 is 2.14. The van der Waals surface area contributed by atoms with E-state index < -0.39 is 0 Å². The molecule has 3 rings (SSSR count). The first-order valence-corrected chi connectivity index (χ1v) is 8.75. The van der Waals surface area contributed by atoms with E-state index in [-0.39, 0.29) is 0 Å². The van der Waals surface area contributed by atoms with E-state index in [1.165, 1.54) is 16.8 Å². The Labute approximate surface area is 146 Å². The van der Waals surface area contributed by atoms with Crippen molar-refractivity contribution >= 4 is 5.52 Å². The fourth-order valence-electron chi connectivity index (χ4n) is 2.75. The predicted molar refractivity (Wildman–Crippen MR) is 104 cm³/mol. The highest BCUT2D eigenvalue weighted by Crippen LogP contribution is 2.25. The topological polar surface area (TPSA) is 28.2 Å². The number of aryl methyl sites for hydroxylation is 1. The molecule has 0 unspecified atom stereocenters. The van der Waals surface area contributed by atoms with Crippen molar-refractivity contribution < 1.29 is 0 Å². The molecule has 1 aromatic carbocycles. The van der Waals surface area contributed by atoms with Gasteiger partial charge in [0.25, 0.3) is 0 Å². The zero-order chi connectivity index (χ0) is 18.1. The van der Waals surface area contributed by atoms with E-state index in [9.17, 15) is 5.26 Å². The smallest absolute Gasteiger partial charge is 0.102 e. The Morgan fingerprint density at radius 3 is 2.17 bits per heavy atom. The summed E-state index contributed by atoms with van der Waals surface area (Å²) in [6.07, 6.45) is 2.89. The van der Waals surface area contributed by atoms with Gasteiger partial charge in [-0.05, 0) is 42.7 Å². The monoisotopic (exact) mass is 320 g/mol. The average molecular weight is 320 g/mol. The van der Waals surface area contributed by atoms with Crippen LogP contribution in [0.1, 0.15) is 55.6 Å². The third-order valence-corrected chi connectivity index (χ3v) is 3.95. The highest BCUT2D eigenvalue weighted by Gasteiger charge is 2.14. The molecule has 0 aliphatic carbocycles. The molecule has 0 atom stereocenters.